The fourth-order valence-electron chi connectivity index (χ4n) is 3.18. The molecular formula is C14H16N2O5S. The van der Waals surface area contributed by atoms with Gasteiger partial charge in [-0.05, 0) is 0 Å². The highest BCUT2D eigenvalue weighted by Crippen LogP contribution is 2.41. The van der Waals surface area contributed by atoms with E-state index < -0.39 is 5.60 Å². The molecule has 22 heavy (non-hydrogen) atoms. The number of nitrogens with zero attached hydrogens (tertiary/aromatic N) is 2. The number of fused-ring (bicyclic) bond motifs is 1. The Bertz CT molecular complexity index is 645. The fourth-order valence-corrected chi connectivity index (χ4v) is 4.07. The average Bonchev–Trinajstić information content (AvgIpc) is 3.17. The van der Waals surface area contributed by atoms with Crippen molar-refractivity contribution in [2.24, 2.45) is 0 Å². The summed E-state index contributed by atoms with van der Waals surface area (Å²) in [4.78, 5) is 28.2. The Kier molecular flexibility index (Phi) is 2.97. The third-order valence-electron chi connectivity index (χ3n) is 4.24. The first kappa shape index (κ1) is 13.7. The summed E-state index contributed by atoms with van der Waals surface area (Å²) < 4.78 is 16.5. The summed E-state index contributed by atoms with van der Waals surface area (Å²) in [5, 5.41) is 1.80. The number of ether oxygens (including phenoxy) is 3. The van der Waals surface area contributed by atoms with Crippen molar-refractivity contribution in [3.63, 3.8) is 0 Å². The smallest absolute Gasteiger partial charge is 0.410 e. The lowest BCUT2D eigenvalue weighted by Crippen LogP contribution is -2.39. The van der Waals surface area contributed by atoms with Gasteiger partial charge in [-0.2, -0.15) is 0 Å². The van der Waals surface area contributed by atoms with Gasteiger partial charge in [0.05, 0.1) is 13.1 Å². The second-order valence-corrected chi connectivity index (χ2v) is 6.72. The molecule has 0 saturated carbocycles. The molecule has 4 heterocycles. The molecule has 0 aliphatic carbocycles. The van der Waals surface area contributed by atoms with Crippen molar-refractivity contribution in [3.8, 4) is 11.5 Å². The largest absolute Gasteiger partial charge is 0.485 e. The topological polar surface area (TPSA) is 68.3 Å². The van der Waals surface area contributed by atoms with Crippen LogP contribution in [-0.4, -0.2) is 67.3 Å². The molecule has 0 N–H and O–H groups in total. The van der Waals surface area contributed by atoms with Crippen molar-refractivity contribution >= 4 is 23.3 Å². The Morgan fingerprint density at radius 1 is 1.32 bits per heavy atom. The van der Waals surface area contributed by atoms with Crippen LogP contribution in [0.1, 0.15) is 16.1 Å². The van der Waals surface area contributed by atoms with Crippen molar-refractivity contribution < 1.29 is 23.8 Å². The fraction of sp³-hybridized carbons (Fsp3) is 0.571. The maximum Gasteiger partial charge on any atom is 0.410 e. The second kappa shape index (κ2) is 4.77. The zero-order chi connectivity index (χ0) is 15.3. The molecular weight excluding hydrogens is 308 g/mol. The molecule has 3 aliphatic rings. The van der Waals surface area contributed by atoms with Crippen LogP contribution in [-0.2, 0) is 4.74 Å². The van der Waals surface area contributed by atoms with Gasteiger partial charge in [-0.25, -0.2) is 4.79 Å². The summed E-state index contributed by atoms with van der Waals surface area (Å²) in [5.41, 5.74) is -0.559. The van der Waals surface area contributed by atoms with E-state index in [9.17, 15) is 9.59 Å². The lowest BCUT2D eigenvalue weighted by atomic mass is 10.0. The van der Waals surface area contributed by atoms with E-state index in [0.717, 1.165) is 0 Å². The number of likely N-dealkylation sites (N-methyl/N-ethyl adjacent to an activating group) is 1. The zero-order valence-corrected chi connectivity index (χ0v) is 13.0. The molecule has 118 valence electrons. The average molecular weight is 324 g/mol. The van der Waals surface area contributed by atoms with Crippen LogP contribution >= 0.6 is 11.3 Å². The van der Waals surface area contributed by atoms with Crippen molar-refractivity contribution in [2.45, 2.75) is 12.0 Å². The van der Waals surface area contributed by atoms with E-state index in [-0.39, 0.29) is 12.0 Å². The molecule has 0 radical (unpaired) electrons. The van der Waals surface area contributed by atoms with Crippen molar-refractivity contribution in [1.29, 1.82) is 0 Å². The summed E-state index contributed by atoms with van der Waals surface area (Å²) in [7, 11) is 1.71. The van der Waals surface area contributed by atoms with Crippen LogP contribution < -0.4 is 9.47 Å². The van der Waals surface area contributed by atoms with Gasteiger partial charge in [-0.15, -0.1) is 11.3 Å². The van der Waals surface area contributed by atoms with Gasteiger partial charge in [0, 0.05) is 25.4 Å². The third-order valence-corrected chi connectivity index (χ3v) is 5.17. The highest BCUT2D eigenvalue weighted by Gasteiger charge is 2.50. The first-order valence-electron chi connectivity index (χ1n) is 7.18. The number of hydrogen-bond acceptors (Lipinski definition) is 6. The minimum absolute atomic E-state index is 0.0840. The standard InChI is InChI=1S/C14H16N2O5S/c1-15-7-14(21-13(15)18)2-3-16(8-14)12(17)11-10-9(6-22-11)19-4-5-20-10/h6H,2-5,7-8H2,1H3/t14-/m0/s1. The molecule has 4 rings (SSSR count). The Labute approximate surface area is 131 Å². The first-order valence-corrected chi connectivity index (χ1v) is 8.06. The van der Waals surface area contributed by atoms with E-state index in [1.54, 1.807) is 22.2 Å². The maximum absolute atomic E-state index is 12.7. The summed E-state index contributed by atoms with van der Waals surface area (Å²) in [6, 6.07) is 0. The van der Waals surface area contributed by atoms with E-state index in [1.165, 1.54) is 11.3 Å². The Morgan fingerprint density at radius 2 is 2.14 bits per heavy atom. The van der Waals surface area contributed by atoms with E-state index in [1.807, 2.05) is 0 Å². The molecule has 1 spiro atoms. The quantitative estimate of drug-likeness (QED) is 0.776. The molecule has 0 aromatic carbocycles. The molecule has 1 atom stereocenters. The van der Waals surface area contributed by atoms with Gasteiger partial charge in [0.15, 0.2) is 17.1 Å². The molecule has 1 aromatic heterocycles. The molecule has 1 aromatic rings. The lowest BCUT2D eigenvalue weighted by Gasteiger charge is -2.22. The number of carbonyl (C=O) groups excluding carboxylic acids is 2. The molecule has 3 aliphatic heterocycles. The van der Waals surface area contributed by atoms with Crippen LogP contribution in [0.25, 0.3) is 0 Å². The molecule has 2 amide bonds. The minimum atomic E-state index is -0.559. The van der Waals surface area contributed by atoms with Crippen molar-refractivity contribution in [3.05, 3.63) is 10.3 Å². The second-order valence-electron chi connectivity index (χ2n) is 5.84. The molecule has 2 saturated heterocycles. The summed E-state index contributed by atoms with van der Waals surface area (Å²) in [6.07, 6.45) is 0.347. The Balaban J connectivity index is 1.53. The molecule has 8 heteroatoms. The van der Waals surface area contributed by atoms with Gasteiger partial charge >= 0.3 is 6.09 Å². The number of amides is 2. The highest BCUT2D eigenvalue weighted by molar-refractivity contribution is 7.12. The van der Waals surface area contributed by atoms with Gasteiger partial charge in [-0.3, -0.25) is 4.79 Å². The van der Waals surface area contributed by atoms with Crippen LogP contribution in [0.5, 0.6) is 11.5 Å². The number of thiophene rings is 1. The SMILES string of the molecule is CN1C[C@]2(CCN(C(=O)c3scc4c3OCCO4)C2)OC1=O. The number of rotatable bonds is 1. The predicted octanol–water partition coefficient (Wildman–Crippen LogP) is 1.19. The Hall–Kier alpha value is -1.96. The molecule has 0 unspecified atom stereocenters. The van der Waals surface area contributed by atoms with Gasteiger partial charge < -0.3 is 24.0 Å². The minimum Gasteiger partial charge on any atom is -0.485 e. The molecule has 0 bridgehead atoms. The van der Waals surface area contributed by atoms with Gasteiger partial charge in [-0.1, -0.05) is 0 Å². The van der Waals surface area contributed by atoms with Crippen molar-refractivity contribution in [2.75, 3.05) is 39.9 Å². The van der Waals surface area contributed by atoms with Gasteiger partial charge in [0.2, 0.25) is 0 Å². The number of carbonyl (C=O) groups is 2. The molecule has 7 nitrogen and oxygen atoms in total. The first-order chi connectivity index (χ1) is 10.6. The Morgan fingerprint density at radius 3 is 2.91 bits per heavy atom. The van der Waals surface area contributed by atoms with Crippen LogP contribution in [0, 0.1) is 0 Å². The summed E-state index contributed by atoms with van der Waals surface area (Å²) in [5.74, 6) is 1.10. The van der Waals surface area contributed by atoms with Crippen molar-refractivity contribution in [1.82, 2.24) is 9.80 Å². The number of likely N-dealkylation sites (tertiary alicyclic amines) is 1. The van der Waals surface area contributed by atoms with Gasteiger partial charge in [0.1, 0.15) is 18.1 Å². The maximum atomic E-state index is 12.7. The summed E-state index contributed by atoms with van der Waals surface area (Å²) >= 11 is 1.33. The summed E-state index contributed by atoms with van der Waals surface area (Å²) in [6.45, 7) is 2.49. The monoisotopic (exact) mass is 324 g/mol. The van der Waals surface area contributed by atoms with Crippen LogP contribution in [0.2, 0.25) is 0 Å². The van der Waals surface area contributed by atoms with Crippen LogP contribution in [0.3, 0.4) is 0 Å². The van der Waals surface area contributed by atoms with E-state index in [4.69, 9.17) is 14.2 Å². The van der Waals surface area contributed by atoms with E-state index in [2.05, 4.69) is 0 Å². The predicted molar refractivity (Wildman–Crippen MR) is 77.7 cm³/mol. The zero-order valence-electron chi connectivity index (χ0n) is 12.2. The van der Waals surface area contributed by atoms with Crippen LogP contribution in [0.4, 0.5) is 4.79 Å². The van der Waals surface area contributed by atoms with E-state index >= 15 is 0 Å². The third kappa shape index (κ3) is 2.01. The normalized spacial score (nSPS) is 26.7. The lowest BCUT2D eigenvalue weighted by molar-refractivity contribution is 0.0552. The molecule has 2 fully saturated rings. The van der Waals surface area contributed by atoms with Gasteiger partial charge in [0.25, 0.3) is 5.91 Å². The highest BCUT2D eigenvalue weighted by atomic mass is 32.1. The van der Waals surface area contributed by atoms with E-state index in [0.29, 0.717) is 55.6 Å². The van der Waals surface area contributed by atoms with Crippen LogP contribution in [0.15, 0.2) is 5.38 Å². The number of hydrogen-bond donors (Lipinski definition) is 0.